The lowest BCUT2D eigenvalue weighted by Crippen LogP contribution is -2.30. The molecule has 1 atom stereocenters. The summed E-state index contributed by atoms with van der Waals surface area (Å²) in [7, 11) is 0. The van der Waals surface area contributed by atoms with E-state index in [0.717, 1.165) is 53.6 Å². The van der Waals surface area contributed by atoms with Gasteiger partial charge in [-0.1, -0.05) is 41.9 Å². The molecule has 7 heteroatoms. The molecule has 0 spiro atoms. The number of benzene rings is 2. The quantitative estimate of drug-likeness (QED) is 0.677. The second-order valence-corrected chi connectivity index (χ2v) is 8.49. The Morgan fingerprint density at radius 2 is 1.96 bits per heavy atom. The maximum Gasteiger partial charge on any atom is 0.233 e. The van der Waals surface area contributed by atoms with Gasteiger partial charge in [0.2, 0.25) is 5.91 Å². The van der Waals surface area contributed by atoms with E-state index in [2.05, 4.69) is 34.6 Å². The zero-order chi connectivity index (χ0) is 19.5. The highest BCUT2D eigenvalue weighted by Gasteiger charge is 2.26. The number of nitrogens with one attached hydrogen (secondary N) is 1. The normalized spacial score (nSPS) is 17.2. The van der Waals surface area contributed by atoms with Crippen LogP contribution in [-0.4, -0.2) is 32.5 Å². The smallest absolute Gasteiger partial charge is 0.233 e. The van der Waals surface area contributed by atoms with Crippen LogP contribution in [0.15, 0.2) is 53.7 Å². The first-order chi connectivity index (χ1) is 13.6. The predicted octanol–water partition coefficient (Wildman–Crippen LogP) is 4.66. The van der Waals surface area contributed by atoms with E-state index in [1.165, 1.54) is 11.8 Å². The molecule has 2 aromatic carbocycles. The van der Waals surface area contributed by atoms with Gasteiger partial charge in [-0.3, -0.25) is 9.36 Å². The molecule has 0 aliphatic carbocycles. The van der Waals surface area contributed by atoms with E-state index in [1.807, 2.05) is 41.0 Å². The second-order valence-electron chi connectivity index (χ2n) is 6.88. The van der Waals surface area contributed by atoms with Crippen molar-refractivity contribution < 1.29 is 4.79 Å². The van der Waals surface area contributed by atoms with Crippen LogP contribution in [0.4, 0.5) is 0 Å². The fourth-order valence-electron chi connectivity index (χ4n) is 3.28. The molecule has 1 amide bonds. The maximum atomic E-state index is 12.4. The average Bonchev–Trinajstić information content (AvgIpc) is 2.99. The third-order valence-corrected chi connectivity index (χ3v) is 6.19. The van der Waals surface area contributed by atoms with Gasteiger partial charge < -0.3 is 5.32 Å². The molecule has 0 unspecified atom stereocenters. The third kappa shape index (κ3) is 4.08. The first-order valence-electron chi connectivity index (χ1n) is 9.34. The van der Waals surface area contributed by atoms with Crippen LogP contribution in [0.2, 0.25) is 5.02 Å². The largest absolute Gasteiger partial charge is 0.355 e. The molecule has 0 bridgehead atoms. The summed E-state index contributed by atoms with van der Waals surface area (Å²) in [6.07, 6.45) is 2.88. The molecule has 144 valence electrons. The van der Waals surface area contributed by atoms with Gasteiger partial charge in [0, 0.05) is 22.8 Å². The van der Waals surface area contributed by atoms with Crippen LogP contribution >= 0.6 is 23.4 Å². The van der Waals surface area contributed by atoms with E-state index >= 15 is 0 Å². The summed E-state index contributed by atoms with van der Waals surface area (Å²) in [6.45, 7) is 2.80. The number of nitrogens with zero attached hydrogens (tertiary/aromatic N) is 3. The van der Waals surface area contributed by atoms with Gasteiger partial charge in [0.1, 0.15) is 0 Å². The molecule has 0 radical (unpaired) electrons. The molecule has 1 aliphatic heterocycles. The van der Waals surface area contributed by atoms with Crippen LogP contribution in [0.1, 0.15) is 24.8 Å². The van der Waals surface area contributed by atoms with Gasteiger partial charge >= 0.3 is 0 Å². The fourth-order valence-corrected chi connectivity index (χ4v) is 4.52. The molecule has 1 fully saturated rings. The van der Waals surface area contributed by atoms with Crippen molar-refractivity contribution in [1.82, 2.24) is 20.1 Å². The Morgan fingerprint density at radius 3 is 2.75 bits per heavy atom. The molecular weight excluding hydrogens is 392 g/mol. The van der Waals surface area contributed by atoms with Crippen molar-refractivity contribution in [3.05, 3.63) is 59.1 Å². The van der Waals surface area contributed by atoms with Crippen LogP contribution in [-0.2, 0) is 4.79 Å². The second kappa shape index (κ2) is 8.37. The number of carbonyl (C=O) groups is 1. The number of carbonyl (C=O) groups excluding carboxylic acids is 1. The monoisotopic (exact) mass is 412 g/mol. The number of aryl methyl sites for hydroxylation is 1. The molecule has 28 heavy (non-hydrogen) atoms. The number of hydrogen-bond donors (Lipinski definition) is 1. The molecule has 3 aromatic rings. The third-order valence-electron chi connectivity index (χ3n) is 4.73. The van der Waals surface area contributed by atoms with Crippen LogP contribution in [0.5, 0.6) is 0 Å². The molecule has 4 rings (SSSR count). The molecule has 0 saturated carbocycles. The number of thioether (sulfide) groups is 1. The molecule has 2 heterocycles. The zero-order valence-electron chi connectivity index (χ0n) is 15.6. The van der Waals surface area contributed by atoms with Gasteiger partial charge in [0.15, 0.2) is 11.0 Å². The molecule has 1 aromatic heterocycles. The Labute approximate surface area is 173 Å². The minimum Gasteiger partial charge on any atom is -0.355 e. The molecular formula is C21H21ClN4OS. The van der Waals surface area contributed by atoms with E-state index < -0.39 is 0 Å². The van der Waals surface area contributed by atoms with Crippen molar-refractivity contribution in [3.63, 3.8) is 0 Å². The lowest BCUT2D eigenvalue weighted by Gasteiger charge is -2.15. The van der Waals surface area contributed by atoms with Crippen molar-refractivity contribution in [2.45, 2.75) is 36.6 Å². The first-order valence-corrected chi connectivity index (χ1v) is 10.6. The Hall–Kier alpha value is -2.31. The van der Waals surface area contributed by atoms with E-state index in [9.17, 15) is 4.79 Å². The van der Waals surface area contributed by atoms with Crippen molar-refractivity contribution >= 4 is 29.3 Å². The van der Waals surface area contributed by atoms with E-state index in [0.29, 0.717) is 5.02 Å². The first kappa shape index (κ1) is 19.0. The summed E-state index contributed by atoms with van der Waals surface area (Å²) in [5.41, 5.74) is 3.05. The SMILES string of the molecule is Cc1cccc(-n2c(S[C@@H]3CCCCNC3=O)nnc2-c2ccc(Cl)cc2)c1. The maximum absolute atomic E-state index is 12.4. The van der Waals surface area contributed by atoms with Crippen LogP contribution in [0.3, 0.4) is 0 Å². The Bertz CT molecular complexity index is 986. The van der Waals surface area contributed by atoms with Crippen molar-refractivity contribution in [1.29, 1.82) is 0 Å². The zero-order valence-corrected chi connectivity index (χ0v) is 17.1. The van der Waals surface area contributed by atoms with Gasteiger partial charge in [-0.25, -0.2) is 0 Å². The number of halogens is 1. The summed E-state index contributed by atoms with van der Waals surface area (Å²) in [6, 6.07) is 15.8. The minimum absolute atomic E-state index is 0.0781. The molecule has 1 aliphatic rings. The number of aromatic nitrogens is 3. The van der Waals surface area contributed by atoms with Gasteiger partial charge in [-0.2, -0.15) is 0 Å². The Balaban J connectivity index is 1.78. The van der Waals surface area contributed by atoms with E-state index in [1.54, 1.807) is 0 Å². The summed E-state index contributed by atoms with van der Waals surface area (Å²) in [4.78, 5) is 12.4. The summed E-state index contributed by atoms with van der Waals surface area (Å²) < 4.78 is 2.03. The van der Waals surface area contributed by atoms with Crippen molar-refractivity contribution in [3.8, 4) is 17.1 Å². The van der Waals surface area contributed by atoms with Crippen molar-refractivity contribution in [2.75, 3.05) is 6.54 Å². The van der Waals surface area contributed by atoms with Gasteiger partial charge in [0.25, 0.3) is 0 Å². The Kier molecular flexibility index (Phi) is 5.69. The van der Waals surface area contributed by atoms with Crippen LogP contribution in [0.25, 0.3) is 17.1 Å². The van der Waals surface area contributed by atoms with Crippen LogP contribution in [0, 0.1) is 6.92 Å². The lowest BCUT2D eigenvalue weighted by atomic mass is 10.2. The highest BCUT2D eigenvalue weighted by Crippen LogP contribution is 2.33. The number of hydrogen-bond acceptors (Lipinski definition) is 4. The summed E-state index contributed by atoms with van der Waals surface area (Å²) in [5, 5.41) is 13.1. The molecule has 1 N–H and O–H groups in total. The van der Waals surface area contributed by atoms with Crippen LogP contribution < -0.4 is 5.32 Å². The van der Waals surface area contributed by atoms with Gasteiger partial charge in [-0.05, 0) is 61.7 Å². The standard InChI is InChI=1S/C21H21ClN4OS/c1-14-5-4-6-17(13-14)26-19(15-8-10-16(22)11-9-15)24-25-21(26)28-18-7-2-3-12-23-20(18)27/h4-6,8-11,13,18H,2-3,7,12H2,1H3,(H,23,27)/t18-/m1/s1. The Morgan fingerprint density at radius 1 is 1.14 bits per heavy atom. The topological polar surface area (TPSA) is 59.8 Å². The van der Waals surface area contributed by atoms with E-state index in [4.69, 9.17) is 11.6 Å². The van der Waals surface area contributed by atoms with Crippen molar-refractivity contribution in [2.24, 2.45) is 0 Å². The average molecular weight is 413 g/mol. The highest BCUT2D eigenvalue weighted by atomic mass is 35.5. The lowest BCUT2D eigenvalue weighted by molar-refractivity contribution is -0.120. The number of rotatable bonds is 4. The van der Waals surface area contributed by atoms with Gasteiger partial charge in [-0.15, -0.1) is 10.2 Å². The van der Waals surface area contributed by atoms with Gasteiger partial charge in [0.05, 0.1) is 5.25 Å². The predicted molar refractivity (Wildman–Crippen MR) is 113 cm³/mol. The van der Waals surface area contributed by atoms with E-state index in [-0.39, 0.29) is 11.2 Å². The number of amides is 1. The summed E-state index contributed by atoms with van der Waals surface area (Å²) in [5.74, 6) is 0.813. The molecule has 5 nitrogen and oxygen atoms in total. The molecule has 1 saturated heterocycles. The summed E-state index contributed by atoms with van der Waals surface area (Å²) >= 11 is 7.53. The minimum atomic E-state index is -0.159. The fraction of sp³-hybridized carbons (Fsp3) is 0.286. The highest BCUT2D eigenvalue weighted by molar-refractivity contribution is 8.00.